The van der Waals surface area contributed by atoms with Gasteiger partial charge < -0.3 is 4.74 Å². The minimum absolute atomic E-state index is 0.361. The second-order valence-corrected chi connectivity index (χ2v) is 5.60. The summed E-state index contributed by atoms with van der Waals surface area (Å²) in [5, 5.41) is 0. The number of unbranched alkanes of at least 4 members (excludes halogenated alkanes) is 2. The summed E-state index contributed by atoms with van der Waals surface area (Å²) in [6, 6.07) is 16.3. The molecule has 0 atom stereocenters. The lowest BCUT2D eigenvalue weighted by Gasteiger charge is -2.36. The van der Waals surface area contributed by atoms with Crippen molar-refractivity contribution in [1.29, 1.82) is 0 Å². The highest BCUT2D eigenvalue weighted by Gasteiger charge is 2.39. The van der Waals surface area contributed by atoms with Gasteiger partial charge in [0.2, 0.25) is 0 Å². The molecule has 3 rings (SSSR count). The molecule has 0 amide bonds. The molecule has 1 heteroatoms. The zero-order valence-electron chi connectivity index (χ0n) is 12.4. The zero-order valence-corrected chi connectivity index (χ0v) is 12.4. The Morgan fingerprint density at radius 3 is 2.05 bits per heavy atom. The van der Waals surface area contributed by atoms with Gasteiger partial charge in [-0.05, 0) is 18.6 Å². The van der Waals surface area contributed by atoms with Crippen molar-refractivity contribution in [2.24, 2.45) is 0 Å². The molecule has 0 N–H and O–H groups in total. The van der Waals surface area contributed by atoms with E-state index in [1.54, 1.807) is 0 Å². The van der Waals surface area contributed by atoms with Crippen molar-refractivity contribution < 1.29 is 4.74 Å². The Morgan fingerprint density at radius 2 is 1.52 bits per heavy atom. The molecule has 0 spiro atoms. The van der Waals surface area contributed by atoms with E-state index in [0.717, 1.165) is 35.5 Å². The summed E-state index contributed by atoms with van der Waals surface area (Å²) in [6.07, 6.45) is 10.5. The van der Waals surface area contributed by atoms with Gasteiger partial charge in [-0.25, -0.2) is 0 Å². The van der Waals surface area contributed by atoms with E-state index in [1.807, 2.05) is 36.4 Å². The fraction of sp³-hybridized carbons (Fsp3) is 0.300. The minimum Gasteiger partial charge on any atom is -0.457 e. The molecule has 1 heterocycles. The maximum atomic E-state index is 6.05. The first-order valence-electron chi connectivity index (χ1n) is 7.66. The fourth-order valence-corrected chi connectivity index (χ4v) is 3.22. The number of benzene rings is 2. The van der Waals surface area contributed by atoms with Crippen molar-refractivity contribution >= 4 is 0 Å². The van der Waals surface area contributed by atoms with Crippen LogP contribution in [0.4, 0.5) is 0 Å². The molecule has 0 fully saturated rings. The Kier molecular flexibility index (Phi) is 3.71. The van der Waals surface area contributed by atoms with Crippen LogP contribution in [0.2, 0.25) is 0 Å². The largest absolute Gasteiger partial charge is 0.457 e. The Labute approximate surface area is 127 Å². The molecule has 2 aromatic rings. The molecule has 1 aliphatic heterocycles. The molecular formula is C20H20O. The highest BCUT2D eigenvalue weighted by atomic mass is 16.5. The molecule has 0 saturated carbocycles. The van der Waals surface area contributed by atoms with Gasteiger partial charge in [0.15, 0.2) is 0 Å². The van der Waals surface area contributed by atoms with Gasteiger partial charge in [0, 0.05) is 11.1 Å². The molecule has 0 bridgehead atoms. The van der Waals surface area contributed by atoms with Crippen LogP contribution in [0.15, 0.2) is 48.5 Å². The van der Waals surface area contributed by atoms with Gasteiger partial charge in [0.25, 0.3) is 0 Å². The standard InChI is InChI=1S/C20H20O/c1-3-5-10-15-20(4-2)16-11-6-8-13-18(16)21-19-14-9-7-12-17(19)20/h2,6-9,11-14H,3,5,10,15H2,1H3. The summed E-state index contributed by atoms with van der Waals surface area (Å²) in [7, 11) is 0. The van der Waals surface area contributed by atoms with Crippen molar-refractivity contribution in [3.63, 3.8) is 0 Å². The highest BCUT2D eigenvalue weighted by molar-refractivity contribution is 5.61. The molecule has 0 unspecified atom stereocenters. The Bertz CT molecular complexity index is 633. The van der Waals surface area contributed by atoms with Crippen LogP contribution in [0.5, 0.6) is 11.5 Å². The predicted octanol–water partition coefficient (Wildman–Crippen LogP) is 5.29. The van der Waals surface area contributed by atoms with E-state index in [9.17, 15) is 0 Å². The van der Waals surface area contributed by atoms with E-state index in [2.05, 4.69) is 25.0 Å². The van der Waals surface area contributed by atoms with E-state index in [4.69, 9.17) is 11.2 Å². The monoisotopic (exact) mass is 276 g/mol. The van der Waals surface area contributed by atoms with Crippen LogP contribution >= 0.6 is 0 Å². The Morgan fingerprint density at radius 1 is 0.952 bits per heavy atom. The van der Waals surface area contributed by atoms with E-state index in [0.29, 0.717) is 0 Å². The average Bonchev–Trinajstić information content (AvgIpc) is 2.54. The zero-order chi connectivity index (χ0) is 14.7. The molecule has 0 aliphatic carbocycles. The van der Waals surface area contributed by atoms with Gasteiger partial charge in [-0.15, -0.1) is 6.42 Å². The van der Waals surface area contributed by atoms with Gasteiger partial charge in [0.1, 0.15) is 11.5 Å². The normalized spacial score (nSPS) is 14.5. The van der Waals surface area contributed by atoms with E-state index >= 15 is 0 Å². The maximum absolute atomic E-state index is 6.05. The lowest BCUT2D eigenvalue weighted by Crippen LogP contribution is -2.29. The summed E-state index contributed by atoms with van der Waals surface area (Å²) in [4.78, 5) is 0. The van der Waals surface area contributed by atoms with Gasteiger partial charge in [-0.2, -0.15) is 0 Å². The molecule has 2 aromatic carbocycles. The smallest absolute Gasteiger partial charge is 0.132 e. The van der Waals surface area contributed by atoms with Gasteiger partial charge in [-0.1, -0.05) is 68.5 Å². The lowest BCUT2D eigenvalue weighted by molar-refractivity contribution is 0.410. The summed E-state index contributed by atoms with van der Waals surface area (Å²) >= 11 is 0. The number of terminal acetylenes is 1. The second kappa shape index (κ2) is 5.66. The van der Waals surface area contributed by atoms with Crippen LogP contribution in [0.3, 0.4) is 0 Å². The third-order valence-electron chi connectivity index (χ3n) is 4.32. The van der Waals surface area contributed by atoms with Crippen molar-refractivity contribution in [1.82, 2.24) is 0 Å². The number of rotatable bonds is 4. The second-order valence-electron chi connectivity index (χ2n) is 5.60. The third-order valence-corrected chi connectivity index (χ3v) is 4.32. The van der Waals surface area contributed by atoms with Crippen molar-refractivity contribution in [3.05, 3.63) is 59.7 Å². The SMILES string of the molecule is C#CC1(CCCCC)c2ccccc2Oc2ccccc21. The molecule has 0 aromatic heterocycles. The van der Waals surface area contributed by atoms with E-state index in [-0.39, 0.29) is 5.41 Å². The highest BCUT2D eigenvalue weighted by Crippen LogP contribution is 2.50. The molecule has 1 aliphatic rings. The van der Waals surface area contributed by atoms with Crippen molar-refractivity contribution in [2.75, 3.05) is 0 Å². The Balaban J connectivity index is 2.15. The van der Waals surface area contributed by atoms with Crippen LogP contribution < -0.4 is 4.74 Å². The van der Waals surface area contributed by atoms with Crippen LogP contribution in [-0.2, 0) is 5.41 Å². The third kappa shape index (κ3) is 2.21. The summed E-state index contributed by atoms with van der Waals surface area (Å²) in [6.45, 7) is 2.22. The van der Waals surface area contributed by atoms with Crippen LogP contribution in [0.1, 0.15) is 43.7 Å². The first-order valence-corrected chi connectivity index (χ1v) is 7.66. The maximum Gasteiger partial charge on any atom is 0.132 e. The average molecular weight is 276 g/mol. The quantitative estimate of drug-likeness (QED) is 0.544. The number of fused-ring (bicyclic) bond motifs is 2. The molecule has 1 nitrogen and oxygen atoms in total. The molecule has 0 saturated heterocycles. The predicted molar refractivity (Wildman–Crippen MR) is 86.7 cm³/mol. The first-order chi connectivity index (χ1) is 10.3. The summed E-state index contributed by atoms with van der Waals surface area (Å²) in [5.41, 5.74) is 1.89. The fourth-order valence-electron chi connectivity index (χ4n) is 3.22. The first kappa shape index (κ1) is 13.8. The molecule has 21 heavy (non-hydrogen) atoms. The van der Waals surface area contributed by atoms with Crippen LogP contribution in [0.25, 0.3) is 0 Å². The number of para-hydroxylation sites is 2. The van der Waals surface area contributed by atoms with Gasteiger partial charge >= 0.3 is 0 Å². The van der Waals surface area contributed by atoms with Gasteiger partial charge in [0.05, 0.1) is 5.41 Å². The summed E-state index contributed by atoms with van der Waals surface area (Å²) in [5.74, 6) is 4.90. The van der Waals surface area contributed by atoms with Crippen molar-refractivity contribution in [2.45, 2.75) is 38.0 Å². The minimum atomic E-state index is -0.361. The van der Waals surface area contributed by atoms with Gasteiger partial charge in [-0.3, -0.25) is 0 Å². The molecule has 0 radical (unpaired) electrons. The number of hydrogen-bond acceptors (Lipinski definition) is 1. The molecule has 106 valence electrons. The topological polar surface area (TPSA) is 9.23 Å². The van der Waals surface area contributed by atoms with Crippen LogP contribution in [-0.4, -0.2) is 0 Å². The molecular weight excluding hydrogens is 256 g/mol. The summed E-state index contributed by atoms with van der Waals surface area (Å²) < 4.78 is 6.05. The number of hydrogen-bond donors (Lipinski definition) is 0. The van der Waals surface area contributed by atoms with E-state index in [1.165, 1.54) is 12.8 Å². The van der Waals surface area contributed by atoms with E-state index < -0.39 is 0 Å². The van der Waals surface area contributed by atoms with Crippen molar-refractivity contribution in [3.8, 4) is 23.8 Å². The Hall–Kier alpha value is -2.20. The number of ether oxygens (including phenoxy) is 1. The lowest BCUT2D eigenvalue weighted by atomic mass is 9.70. The van der Waals surface area contributed by atoms with Crippen LogP contribution in [0, 0.1) is 12.3 Å².